The van der Waals surface area contributed by atoms with E-state index in [1.165, 1.54) is 23.5 Å². The van der Waals surface area contributed by atoms with Gasteiger partial charge >= 0.3 is 5.97 Å². The summed E-state index contributed by atoms with van der Waals surface area (Å²) in [5, 5.41) is 17.8. The van der Waals surface area contributed by atoms with Crippen molar-refractivity contribution in [3.8, 4) is 6.07 Å². The minimum Gasteiger partial charge on any atom is -0.477 e. The van der Waals surface area contributed by atoms with Crippen molar-refractivity contribution in [2.24, 2.45) is 0 Å². The van der Waals surface area contributed by atoms with E-state index in [-0.39, 0.29) is 16.8 Å². The van der Waals surface area contributed by atoms with Crippen molar-refractivity contribution in [1.82, 2.24) is 0 Å². The van der Waals surface area contributed by atoms with Crippen LogP contribution < -0.4 is 4.90 Å². The zero-order valence-electron chi connectivity index (χ0n) is 17.7. The molecule has 0 saturated carbocycles. The van der Waals surface area contributed by atoms with E-state index in [0.717, 1.165) is 30.6 Å². The quantitative estimate of drug-likeness (QED) is 0.313. The van der Waals surface area contributed by atoms with E-state index in [4.69, 9.17) is 10.4 Å². The molecule has 31 heavy (non-hydrogen) atoms. The summed E-state index contributed by atoms with van der Waals surface area (Å²) < 4.78 is 29.5. The standard InChI is InChI=1S/C24H26F2N2O2S/c1-3-5-13-28(14-6-4-2)21-12-8-17(22(25)23(21)26)7-9-19-10-11-20(31-19)15-18(16-27)24(29)30/h7-12,15H,3-6,13-14H2,1-2H3,(H,29,30)/b9-7+,18-15+. The highest BCUT2D eigenvalue weighted by Crippen LogP contribution is 2.27. The first-order valence-electron chi connectivity index (χ1n) is 10.3. The third-order valence-corrected chi connectivity index (χ3v) is 5.71. The molecule has 4 nitrogen and oxygen atoms in total. The predicted molar refractivity (Wildman–Crippen MR) is 123 cm³/mol. The molecule has 0 radical (unpaired) electrons. The van der Waals surface area contributed by atoms with Crippen molar-refractivity contribution >= 4 is 41.2 Å². The number of thiophene rings is 1. The fraction of sp³-hybridized carbons (Fsp3) is 0.333. The summed E-state index contributed by atoms with van der Waals surface area (Å²) in [5.41, 5.74) is 0.0653. The summed E-state index contributed by atoms with van der Waals surface area (Å²) in [4.78, 5) is 14.2. The number of carbonyl (C=O) groups is 1. The van der Waals surface area contributed by atoms with Crippen molar-refractivity contribution in [1.29, 1.82) is 5.26 Å². The minimum absolute atomic E-state index is 0.140. The second-order valence-electron chi connectivity index (χ2n) is 7.04. The average molecular weight is 445 g/mol. The molecule has 0 aliphatic carbocycles. The molecule has 2 aromatic rings. The zero-order valence-corrected chi connectivity index (χ0v) is 18.5. The smallest absolute Gasteiger partial charge is 0.346 e. The van der Waals surface area contributed by atoms with Gasteiger partial charge in [-0.3, -0.25) is 0 Å². The molecule has 1 heterocycles. The molecular formula is C24H26F2N2O2S. The van der Waals surface area contributed by atoms with Gasteiger partial charge in [0, 0.05) is 28.4 Å². The predicted octanol–water partition coefficient (Wildman–Crippen LogP) is 6.59. The molecule has 0 aliphatic heterocycles. The van der Waals surface area contributed by atoms with Gasteiger partial charge in [0.2, 0.25) is 0 Å². The van der Waals surface area contributed by atoms with Crippen molar-refractivity contribution < 1.29 is 18.7 Å². The Bertz CT molecular complexity index is 997. The van der Waals surface area contributed by atoms with E-state index >= 15 is 0 Å². The van der Waals surface area contributed by atoms with Crippen LogP contribution in [0.15, 0.2) is 29.8 Å². The number of unbranched alkanes of at least 4 members (excludes halogenated alkanes) is 2. The monoisotopic (exact) mass is 444 g/mol. The van der Waals surface area contributed by atoms with Crippen molar-refractivity contribution in [2.75, 3.05) is 18.0 Å². The van der Waals surface area contributed by atoms with E-state index in [1.54, 1.807) is 36.4 Å². The maximum atomic E-state index is 14.8. The Labute approximate surface area is 185 Å². The van der Waals surface area contributed by atoms with Crippen LogP contribution in [-0.4, -0.2) is 24.2 Å². The summed E-state index contributed by atoms with van der Waals surface area (Å²) in [6, 6.07) is 8.22. The van der Waals surface area contributed by atoms with Crippen LogP contribution in [0.5, 0.6) is 0 Å². The maximum absolute atomic E-state index is 14.8. The zero-order chi connectivity index (χ0) is 22.8. The number of rotatable bonds is 11. The highest BCUT2D eigenvalue weighted by molar-refractivity contribution is 7.13. The van der Waals surface area contributed by atoms with E-state index in [0.29, 0.717) is 18.0 Å². The molecule has 0 atom stereocenters. The molecule has 0 fully saturated rings. The largest absolute Gasteiger partial charge is 0.477 e. The molecule has 0 aliphatic rings. The van der Waals surface area contributed by atoms with E-state index in [2.05, 4.69) is 13.8 Å². The van der Waals surface area contributed by atoms with Crippen LogP contribution >= 0.6 is 11.3 Å². The summed E-state index contributed by atoms with van der Waals surface area (Å²) >= 11 is 1.25. The second kappa shape index (κ2) is 12.0. The van der Waals surface area contributed by atoms with Crippen LogP contribution in [-0.2, 0) is 4.79 Å². The van der Waals surface area contributed by atoms with Gasteiger partial charge in [0.25, 0.3) is 0 Å². The molecule has 0 amide bonds. The molecule has 0 bridgehead atoms. The van der Waals surface area contributed by atoms with Crippen molar-refractivity contribution in [3.63, 3.8) is 0 Å². The Kier molecular flexibility index (Phi) is 9.41. The van der Waals surface area contributed by atoms with Crippen LogP contribution in [0.3, 0.4) is 0 Å². The summed E-state index contributed by atoms with van der Waals surface area (Å²) in [6.07, 6.45) is 8.20. The van der Waals surface area contributed by atoms with Gasteiger partial charge < -0.3 is 10.0 Å². The number of carboxylic acids is 1. The number of hydrogen-bond acceptors (Lipinski definition) is 4. The molecule has 2 rings (SSSR count). The van der Waals surface area contributed by atoms with Crippen molar-refractivity contribution in [2.45, 2.75) is 39.5 Å². The Morgan fingerprint density at radius 1 is 1.06 bits per heavy atom. The van der Waals surface area contributed by atoms with Gasteiger partial charge in [-0.1, -0.05) is 32.8 Å². The molecule has 1 aromatic heterocycles. The van der Waals surface area contributed by atoms with Crippen LogP contribution in [0.1, 0.15) is 54.8 Å². The van der Waals surface area contributed by atoms with Gasteiger partial charge in [0.05, 0.1) is 5.69 Å². The number of aliphatic carboxylic acids is 1. The Hall–Kier alpha value is -2.98. The Morgan fingerprint density at radius 2 is 1.71 bits per heavy atom. The van der Waals surface area contributed by atoms with Gasteiger partial charge in [-0.05, 0) is 49.3 Å². The Balaban J connectivity index is 2.23. The Morgan fingerprint density at radius 3 is 2.29 bits per heavy atom. The number of hydrogen-bond donors (Lipinski definition) is 1. The molecule has 1 N–H and O–H groups in total. The number of carboxylic acid groups (broad SMARTS) is 1. The van der Waals surface area contributed by atoms with E-state index in [1.807, 2.05) is 4.90 Å². The normalized spacial score (nSPS) is 11.6. The van der Waals surface area contributed by atoms with Crippen molar-refractivity contribution in [3.05, 3.63) is 56.8 Å². The molecule has 1 aromatic carbocycles. The molecule has 0 saturated heterocycles. The second-order valence-corrected chi connectivity index (χ2v) is 8.19. The number of halogens is 2. The molecule has 164 valence electrons. The minimum atomic E-state index is -1.29. The fourth-order valence-corrected chi connectivity index (χ4v) is 3.83. The fourth-order valence-electron chi connectivity index (χ4n) is 2.97. The molecule has 7 heteroatoms. The number of nitriles is 1. The number of anilines is 1. The van der Waals surface area contributed by atoms with Crippen LogP contribution in [0.25, 0.3) is 18.2 Å². The van der Waals surface area contributed by atoms with Crippen LogP contribution in [0.4, 0.5) is 14.5 Å². The van der Waals surface area contributed by atoms with Gasteiger partial charge in [-0.25, -0.2) is 13.6 Å². The average Bonchev–Trinajstić information content (AvgIpc) is 3.21. The summed E-state index contributed by atoms with van der Waals surface area (Å²) in [6.45, 7) is 5.51. The van der Waals surface area contributed by atoms with Gasteiger partial charge in [-0.15, -0.1) is 11.3 Å². The third-order valence-electron chi connectivity index (χ3n) is 4.71. The highest BCUT2D eigenvalue weighted by Gasteiger charge is 2.17. The first kappa shape index (κ1) is 24.3. The highest BCUT2D eigenvalue weighted by atomic mass is 32.1. The first-order valence-corrected chi connectivity index (χ1v) is 11.1. The lowest BCUT2D eigenvalue weighted by molar-refractivity contribution is -0.132. The van der Waals surface area contributed by atoms with Gasteiger partial charge in [0.15, 0.2) is 11.6 Å². The van der Waals surface area contributed by atoms with Crippen LogP contribution in [0, 0.1) is 23.0 Å². The number of nitrogens with zero attached hydrogens (tertiary/aromatic N) is 2. The topological polar surface area (TPSA) is 64.3 Å². The SMILES string of the molecule is CCCCN(CCCC)c1ccc(/C=C/c2ccc(/C=C(\C#N)C(=O)O)s2)c(F)c1F. The number of benzene rings is 1. The van der Waals surface area contributed by atoms with Crippen LogP contribution in [0.2, 0.25) is 0 Å². The maximum Gasteiger partial charge on any atom is 0.346 e. The van der Waals surface area contributed by atoms with Gasteiger partial charge in [-0.2, -0.15) is 5.26 Å². The lowest BCUT2D eigenvalue weighted by Crippen LogP contribution is -2.27. The molecular weight excluding hydrogens is 418 g/mol. The molecule has 0 unspecified atom stereocenters. The summed E-state index contributed by atoms with van der Waals surface area (Å²) in [7, 11) is 0. The lowest BCUT2D eigenvalue weighted by Gasteiger charge is -2.25. The molecule has 0 spiro atoms. The van der Waals surface area contributed by atoms with E-state index in [9.17, 15) is 13.6 Å². The van der Waals surface area contributed by atoms with Gasteiger partial charge in [0.1, 0.15) is 11.6 Å². The summed E-state index contributed by atoms with van der Waals surface area (Å²) in [5.74, 6) is -3.03. The van der Waals surface area contributed by atoms with E-state index < -0.39 is 17.6 Å². The lowest BCUT2D eigenvalue weighted by atomic mass is 10.1. The third kappa shape index (κ3) is 6.76. The first-order chi connectivity index (χ1) is 14.9.